The van der Waals surface area contributed by atoms with E-state index in [4.69, 9.17) is 4.74 Å². The topological polar surface area (TPSA) is 172 Å². The number of halogens is 1. The van der Waals surface area contributed by atoms with Crippen LogP contribution in [0.1, 0.15) is 27.0 Å². The number of amides is 3. The number of anilines is 1. The molecule has 3 aliphatic rings. The maximum absolute atomic E-state index is 15.1. The third-order valence-corrected chi connectivity index (χ3v) is 8.66. The number of piperidine rings is 1. The number of nitrogens with one attached hydrogen (secondary N) is 2. The smallest absolute Gasteiger partial charge is 0.279 e. The van der Waals surface area contributed by atoms with Crippen LogP contribution in [0.3, 0.4) is 0 Å². The highest BCUT2D eigenvalue weighted by molar-refractivity contribution is 6.52. The van der Waals surface area contributed by atoms with Gasteiger partial charge in [-0.05, 0) is 35.0 Å². The molecule has 2 saturated heterocycles. The monoisotopic (exact) mass is 566 g/mol. The minimum atomic E-state index is -2.90. The first kappa shape index (κ1) is 29.2. The van der Waals surface area contributed by atoms with Gasteiger partial charge in [-0.2, -0.15) is 0 Å². The highest BCUT2D eigenvalue weighted by Crippen LogP contribution is 2.49. The van der Waals surface area contributed by atoms with Crippen molar-refractivity contribution in [3.8, 4) is 0 Å². The molecule has 12 nitrogen and oxygen atoms in total. The van der Waals surface area contributed by atoms with Gasteiger partial charge in [-0.3, -0.25) is 29.5 Å². The molecule has 2 atom stereocenters. The van der Waals surface area contributed by atoms with Gasteiger partial charge in [-0.15, -0.1) is 0 Å². The molecule has 0 saturated carbocycles. The van der Waals surface area contributed by atoms with Gasteiger partial charge in [0.1, 0.15) is 27.0 Å². The molecular formula is C25H30B3FN4O8. The summed E-state index contributed by atoms with van der Waals surface area (Å²) in [5, 5.41) is 46.9. The van der Waals surface area contributed by atoms with E-state index in [9.17, 15) is 34.8 Å². The molecule has 16 heteroatoms. The standard InChI is InChI=1S/C25H30B3FN4O8/c26-22(37)20(35)30-21(36)23(38,25(22,27)28)33-12-15-14(19(33)34)2-1-3-18(15)31-24(39,40)16-5-4-13(10-17(16)29)11-32-6-8-41-9-7-32/h1-5,10,31,37-40H,6-9,11-12,26-28H2,(H,30,35,36). The van der Waals surface area contributed by atoms with Crippen LogP contribution in [-0.4, -0.2) is 109 Å². The fourth-order valence-corrected chi connectivity index (χ4v) is 5.60. The maximum Gasteiger partial charge on any atom is 0.279 e. The van der Waals surface area contributed by atoms with Crippen LogP contribution >= 0.6 is 0 Å². The normalized spacial score (nSPS) is 26.6. The Hall–Kier alpha value is -3.27. The summed E-state index contributed by atoms with van der Waals surface area (Å²) in [5.74, 6) is -6.76. The van der Waals surface area contributed by atoms with Crippen LogP contribution in [0.5, 0.6) is 0 Å². The Morgan fingerprint density at radius 2 is 1.73 bits per heavy atom. The maximum atomic E-state index is 15.1. The zero-order chi connectivity index (χ0) is 30.0. The van der Waals surface area contributed by atoms with Crippen molar-refractivity contribution in [2.75, 3.05) is 31.6 Å². The fraction of sp³-hybridized carbons (Fsp3) is 0.400. The molecule has 0 aliphatic carbocycles. The number of rotatable bonds is 6. The molecule has 6 N–H and O–H groups in total. The van der Waals surface area contributed by atoms with Crippen molar-refractivity contribution < 1.29 is 43.9 Å². The van der Waals surface area contributed by atoms with E-state index < -0.39 is 58.0 Å². The highest BCUT2D eigenvalue weighted by Gasteiger charge is 2.68. The zero-order valence-corrected chi connectivity index (χ0v) is 22.9. The van der Waals surface area contributed by atoms with E-state index in [0.717, 1.165) is 12.7 Å². The van der Waals surface area contributed by atoms with E-state index in [0.29, 0.717) is 38.4 Å². The Kier molecular flexibility index (Phi) is 7.08. The van der Waals surface area contributed by atoms with Crippen molar-refractivity contribution in [2.24, 2.45) is 0 Å². The lowest BCUT2D eigenvalue weighted by atomic mass is 9.35. The number of hydrogen-bond acceptors (Lipinski definition) is 10. The molecule has 5 rings (SSSR count). The summed E-state index contributed by atoms with van der Waals surface area (Å²) in [6.45, 7) is 2.63. The molecule has 41 heavy (non-hydrogen) atoms. The van der Waals surface area contributed by atoms with Gasteiger partial charge in [-0.1, -0.05) is 12.1 Å². The van der Waals surface area contributed by atoms with Crippen LogP contribution in [-0.2, 0) is 33.3 Å². The molecular weight excluding hydrogens is 536 g/mol. The summed E-state index contributed by atoms with van der Waals surface area (Å²) >= 11 is 0. The van der Waals surface area contributed by atoms with Crippen LogP contribution in [0.15, 0.2) is 36.4 Å². The van der Waals surface area contributed by atoms with Gasteiger partial charge >= 0.3 is 0 Å². The van der Waals surface area contributed by atoms with Gasteiger partial charge < -0.3 is 30.5 Å². The molecule has 214 valence electrons. The van der Waals surface area contributed by atoms with Crippen LogP contribution in [0, 0.1) is 5.82 Å². The van der Waals surface area contributed by atoms with E-state index in [2.05, 4.69) is 10.2 Å². The lowest BCUT2D eigenvalue weighted by molar-refractivity contribution is -0.185. The van der Waals surface area contributed by atoms with Crippen LogP contribution < -0.4 is 10.6 Å². The first-order valence-electron chi connectivity index (χ1n) is 13.2. The number of hydrogen-bond donors (Lipinski definition) is 6. The Labute approximate surface area is 237 Å². The lowest BCUT2D eigenvalue weighted by Gasteiger charge is -2.55. The number of benzene rings is 2. The Morgan fingerprint density at radius 1 is 1.05 bits per heavy atom. The van der Waals surface area contributed by atoms with Crippen molar-refractivity contribution in [3.05, 3.63) is 64.5 Å². The Balaban J connectivity index is 1.42. The minimum Gasteiger partial charge on any atom is -0.390 e. The number of carbonyl (C=O) groups is 3. The number of aliphatic hydroxyl groups is 4. The van der Waals surface area contributed by atoms with Crippen molar-refractivity contribution in [3.63, 3.8) is 0 Å². The first-order chi connectivity index (χ1) is 19.1. The quantitative estimate of drug-likeness (QED) is 0.115. The molecule has 0 bridgehead atoms. The molecule has 2 unspecified atom stereocenters. The number of ether oxygens (including phenoxy) is 1. The Morgan fingerprint density at radius 3 is 2.39 bits per heavy atom. The molecule has 0 spiro atoms. The van der Waals surface area contributed by atoms with Gasteiger partial charge in [-0.25, -0.2) is 4.39 Å². The molecule has 0 radical (unpaired) electrons. The third kappa shape index (κ3) is 4.55. The summed E-state index contributed by atoms with van der Waals surface area (Å²) < 4.78 is 20.5. The van der Waals surface area contributed by atoms with Gasteiger partial charge in [0.15, 0.2) is 7.85 Å². The number of nitrogens with zero attached hydrogens (tertiary/aromatic N) is 2. The number of imide groups is 1. The summed E-state index contributed by atoms with van der Waals surface area (Å²) in [4.78, 5) is 41.7. The molecule has 2 aromatic carbocycles. The Bertz CT molecular complexity index is 1440. The van der Waals surface area contributed by atoms with Crippen LogP contribution in [0.2, 0.25) is 5.21 Å². The van der Waals surface area contributed by atoms with E-state index in [1.165, 1.54) is 46.0 Å². The number of carbonyl (C=O) groups excluding carboxylic acids is 3. The van der Waals surface area contributed by atoms with E-state index in [1.54, 1.807) is 6.07 Å². The van der Waals surface area contributed by atoms with Gasteiger partial charge in [0.05, 0.1) is 25.3 Å². The third-order valence-electron chi connectivity index (χ3n) is 8.66. The average Bonchev–Trinajstić information content (AvgIpc) is 3.25. The SMILES string of the molecule is BC1(O)C(=O)NC(=O)C(O)(N2Cc3c(NC(O)(O)c4ccc(CN5CCOCC5)cc4F)cccc3C2=O)C1(B)B. The predicted octanol–water partition coefficient (Wildman–Crippen LogP) is -4.13. The van der Waals surface area contributed by atoms with Crippen LogP contribution in [0.25, 0.3) is 0 Å². The fourth-order valence-electron chi connectivity index (χ4n) is 5.60. The minimum absolute atomic E-state index is 0.0283. The molecule has 3 aliphatic heterocycles. The second-order valence-corrected chi connectivity index (χ2v) is 11.4. The molecule has 3 amide bonds. The second-order valence-electron chi connectivity index (χ2n) is 11.4. The second kappa shape index (κ2) is 9.93. The largest absolute Gasteiger partial charge is 0.390 e. The highest BCUT2D eigenvalue weighted by atomic mass is 19.1. The summed E-state index contributed by atoms with van der Waals surface area (Å²) in [6.07, 6.45) is 0. The lowest BCUT2D eigenvalue weighted by Crippen LogP contribution is -2.79. The summed E-state index contributed by atoms with van der Waals surface area (Å²) in [5.41, 5.74) is -4.47. The summed E-state index contributed by atoms with van der Waals surface area (Å²) in [7, 11) is 3.71. The van der Waals surface area contributed by atoms with E-state index in [-0.39, 0.29) is 16.8 Å². The summed E-state index contributed by atoms with van der Waals surface area (Å²) in [6, 6.07) is 8.36. The number of fused-ring (bicyclic) bond motifs is 1. The van der Waals surface area contributed by atoms with Crippen molar-refractivity contribution in [1.29, 1.82) is 0 Å². The van der Waals surface area contributed by atoms with E-state index >= 15 is 4.39 Å². The van der Waals surface area contributed by atoms with Gasteiger partial charge in [0.25, 0.3) is 17.7 Å². The average molecular weight is 566 g/mol. The number of morpholine rings is 1. The van der Waals surface area contributed by atoms with E-state index in [1.807, 2.05) is 5.32 Å². The van der Waals surface area contributed by atoms with Crippen molar-refractivity contribution in [1.82, 2.24) is 15.1 Å². The van der Waals surface area contributed by atoms with Gasteiger partial charge in [0.2, 0.25) is 11.6 Å². The molecule has 2 fully saturated rings. The first-order valence-corrected chi connectivity index (χ1v) is 13.2. The van der Waals surface area contributed by atoms with Crippen LogP contribution in [0.4, 0.5) is 10.1 Å². The predicted molar refractivity (Wildman–Crippen MR) is 150 cm³/mol. The van der Waals surface area contributed by atoms with Crippen molar-refractivity contribution >= 4 is 46.9 Å². The van der Waals surface area contributed by atoms with Crippen molar-refractivity contribution in [2.45, 2.75) is 35.4 Å². The molecule has 3 heterocycles. The molecule has 2 aromatic rings. The zero-order valence-electron chi connectivity index (χ0n) is 22.9. The van der Waals surface area contributed by atoms with Gasteiger partial charge in [0, 0.05) is 36.4 Å². The molecule has 0 aromatic heterocycles.